The van der Waals surface area contributed by atoms with Crippen molar-refractivity contribution in [1.82, 2.24) is 0 Å². The monoisotopic (exact) mass is 532 g/mol. The van der Waals surface area contributed by atoms with Crippen LogP contribution in [0.5, 0.6) is 0 Å². The van der Waals surface area contributed by atoms with E-state index in [-0.39, 0.29) is 0 Å². The first-order chi connectivity index (χ1) is 18.5. The number of hydrogen-bond acceptors (Lipinski definition) is 2. The molecule has 4 aromatic carbocycles. The normalized spacial score (nSPS) is 13.4. The summed E-state index contributed by atoms with van der Waals surface area (Å²) in [5.74, 6) is 1.35. The van der Waals surface area contributed by atoms with Crippen molar-refractivity contribution >= 4 is 23.5 Å². The predicted octanol–water partition coefficient (Wildman–Crippen LogP) is 11.1. The zero-order chi connectivity index (χ0) is 26.7. The van der Waals surface area contributed by atoms with Gasteiger partial charge in [-0.25, -0.2) is 0 Å². The summed E-state index contributed by atoms with van der Waals surface area (Å²) in [4.78, 5) is 2.32. The Morgan fingerprint density at radius 1 is 0.737 bits per heavy atom. The molecule has 0 bridgehead atoms. The van der Waals surface area contributed by atoms with Crippen LogP contribution in [-0.4, -0.2) is 11.0 Å². The van der Waals surface area contributed by atoms with E-state index in [2.05, 4.69) is 155 Å². The molecule has 0 saturated heterocycles. The molecule has 0 heterocycles. The van der Waals surface area contributed by atoms with Crippen molar-refractivity contribution in [3.8, 4) is 22.3 Å². The van der Waals surface area contributed by atoms with Gasteiger partial charge in [0, 0.05) is 26.7 Å². The van der Waals surface area contributed by atoms with Crippen LogP contribution < -0.4 is 0 Å². The van der Waals surface area contributed by atoms with Crippen molar-refractivity contribution < 1.29 is 0 Å². The van der Waals surface area contributed by atoms with Gasteiger partial charge >= 0.3 is 0 Å². The van der Waals surface area contributed by atoms with Crippen LogP contribution in [0.2, 0.25) is 0 Å². The second kappa shape index (κ2) is 14.1. The molecule has 0 amide bonds. The van der Waals surface area contributed by atoms with E-state index in [1.54, 1.807) is 11.8 Å². The van der Waals surface area contributed by atoms with Gasteiger partial charge in [-0.3, -0.25) is 0 Å². The molecule has 2 atom stereocenters. The molecule has 2 unspecified atom stereocenters. The second-order valence-corrected chi connectivity index (χ2v) is 12.0. The molecule has 38 heavy (non-hydrogen) atoms. The molecule has 0 radical (unpaired) electrons. The highest BCUT2D eigenvalue weighted by Gasteiger charge is 2.17. The highest BCUT2D eigenvalue weighted by atomic mass is 32.2. The van der Waals surface area contributed by atoms with E-state index in [1.165, 1.54) is 38.3 Å². The van der Waals surface area contributed by atoms with Crippen molar-refractivity contribution in [2.75, 3.05) is 5.75 Å². The van der Waals surface area contributed by atoms with Crippen LogP contribution in [-0.2, 0) is 0 Å². The minimum atomic E-state index is 0.379. The second-order valence-electron chi connectivity index (χ2n) is 9.38. The van der Waals surface area contributed by atoms with Gasteiger partial charge in [0.05, 0.1) is 0 Å². The zero-order valence-electron chi connectivity index (χ0n) is 22.5. The molecule has 0 spiro atoms. The van der Waals surface area contributed by atoms with E-state index in [0.717, 1.165) is 10.7 Å². The number of thioether (sulfide) groups is 2. The van der Waals surface area contributed by atoms with Gasteiger partial charge in [-0.1, -0.05) is 141 Å². The Kier molecular flexibility index (Phi) is 10.3. The molecule has 0 nitrogen and oxygen atoms in total. The molecule has 0 aliphatic heterocycles. The summed E-state index contributed by atoms with van der Waals surface area (Å²) in [5.41, 5.74) is 7.61. The lowest BCUT2D eigenvalue weighted by molar-refractivity contribution is 0.824. The summed E-state index contributed by atoms with van der Waals surface area (Å²) in [6, 6.07) is 38.9. The summed E-state index contributed by atoms with van der Waals surface area (Å²) >= 11 is 3.74. The zero-order valence-corrected chi connectivity index (χ0v) is 24.1. The van der Waals surface area contributed by atoms with Crippen LogP contribution in [0.1, 0.15) is 32.3 Å². The molecule has 0 N–H and O–H groups in total. The lowest BCUT2D eigenvalue weighted by atomic mass is 9.93. The number of hydrogen-bond donors (Lipinski definition) is 0. The van der Waals surface area contributed by atoms with Crippen LogP contribution in [0, 0.1) is 0 Å². The lowest BCUT2D eigenvalue weighted by Crippen LogP contribution is -2.10. The SMILES string of the molecule is C=C(Sc1ccc(-c2ccccc2)cc1)/C(C)=C\CSC(C)C(/C=C\C)c1ccc(-c2ccccc2)cc1. The minimum Gasteiger partial charge on any atom is -0.154 e. The van der Waals surface area contributed by atoms with Crippen LogP contribution in [0.15, 0.2) is 149 Å². The summed E-state index contributed by atoms with van der Waals surface area (Å²) in [5, 5.41) is 0.462. The van der Waals surface area contributed by atoms with Gasteiger partial charge in [-0.2, -0.15) is 11.8 Å². The third-order valence-corrected chi connectivity index (χ3v) is 8.95. The van der Waals surface area contributed by atoms with E-state index in [1.807, 2.05) is 11.8 Å². The fourth-order valence-electron chi connectivity index (χ4n) is 4.39. The molecule has 0 aliphatic carbocycles. The Balaban J connectivity index is 1.32. The molecule has 4 rings (SSSR count). The van der Waals surface area contributed by atoms with Gasteiger partial charge in [-0.05, 0) is 59.4 Å². The van der Waals surface area contributed by atoms with Crippen LogP contribution in [0.4, 0.5) is 0 Å². The maximum absolute atomic E-state index is 4.35. The molecule has 0 fully saturated rings. The third-order valence-electron chi connectivity index (χ3n) is 6.70. The van der Waals surface area contributed by atoms with Crippen molar-refractivity contribution in [1.29, 1.82) is 0 Å². The summed E-state index contributed by atoms with van der Waals surface area (Å²) in [6.07, 6.45) is 6.83. The van der Waals surface area contributed by atoms with E-state index in [4.69, 9.17) is 0 Å². The van der Waals surface area contributed by atoms with E-state index < -0.39 is 0 Å². The summed E-state index contributed by atoms with van der Waals surface area (Å²) in [6.45, 7) is 11.0. The summed E-state index contributed by atoms with van der Waals surface area (Å²) in [7, 11) is 0. The molecule has 0 aliphatic rings. The van der Waals surface area contributed by atoms with E-state index in [0.29, 0.717) is 11.2 Å². The molecule has 4 aromatic rings. The van der Waals surface area contributed by atoms with E-state index in [9.17, 15) is 0 Å². The van der Waals surface area contributed by atoms with Crippen molar-refractivity contribution in [3.63, 3.8) is 0 Å². The molecular formula is C36H36S2. The van der Waals surface area contributed by atoms with Gasteiger partial charge in [0.2, 0.25) is 0 Å². The Morgan fingerprint density at radius 3 is 1.76 bits per heavy atom. The Bertz CT molecular complexity index is 1350. The largest absolute Gasteiger partial charge is 0.154 e. The fraction of sp³-hybridized carbons (Fsp3) is 0.167. The Morgan fingerprint density at radius 2 is 1.24 bits per heavy atom. The van der Waals surface area contributed by atoms with Gasteiger partial charge in [0.25, 0.3) is 0 Å². The minimum absolute atomic E-state index is 0.379. The molecule has 192 valence electrons. The summed E-state index contributed by atoms with van der Waals surface area (Å²) < 4.78 is 0. The van der Waals surface area contributed by atoms with Gasteiger partial charge in [0.1, 0.15) is 0 Å². The average Bonchev–Trinajstić information content (AvgIpc) is 2.97. The standard InChI is InChI=1S/C36H36S2/c1-5-12-36(34-19-17-32(18-20-34)30-13-8-6-9-14-30)29(4)37-26-25-27(2)28(3)38-35-23-21-33(22-24-35)31-15-10-7-11-16-31/h5-25,29,36H,3,26H2,1-2,4H3/b12-5-,27-25-. The first kappa shape index (κ1) is 27.8. The molecule has 0 aromatic heterocycles. The Labute approximate surface area is 237 Å². The average molecular weight is 533 g/mol. The molecule has 0 saturated carbocycles. The van der Waals surface area contributed by atoms with Crippen molar-refractivity contribution in [2.24, 2.45) is 0 Å². The lowest BCUT2D eigenvalue weighted by Gasteiger charge is -2.21. The molecule has 2 heteroatoms. The van der Waals surface area contributed by atoms with E-state index >= 15 is 0 Å². The fourth-order valence-corrected chi connectivity index (χ4v) is 6.29. The van der Waals surface area contributed by atoms with Crippen molar-refractivity contribution in [2.45, 2.75) is 36.8 Å². The van der Waals surface area contributed by atoms with Crippen LogP contribution in [0.3, 0.4) is 0 Å². The first-order valence-corrected chi connectivity index (χ1v) is 15.0. The first-order valence-electron chi connectivity index (χ1n) is 13.1. The topological polar surface area (TPSA) is 0 Å². The number of benzene rings is 4. The maximum atomic E-state index is 4.35. The van der Waals surface area contributed by atoms with Gasteiger partial charge < -0.3 is 0 Å². The van der Waals surface area contributed by atoms with Crippen LogP contribution >= 0.6 is 23.5 Å². The van der Waals surface area contributed by atoms with Crippen LogP contribution in [0.25, 0.3) is 22.3 Å². The third kappa shape index (κ3) is 7.66. The van der Waals surface area contributed by atoms with Gasteiger partial charge in [0.15, 0.2) is 0 Å². The number of rotatable bonds is 11. The highest BCUT2D eigenvalue weighted by molar-refractivity contribution is 8.03. The predicted molar refractivity (Wildman–Crippen MR) is 172 cm³/mol. The Hall–Kier alpha value is -3.20. The molecular weight excluding hydrogens is 497 g/mol. The highest BCUT2D eigenvalue weighted by Crippen LogP contribution is 2.34. The quantitative estimate of drug-likeness (QED) is 0.107. The number of allylic oxidation sites excluding steroid dienone is 3. The van der Waals surface area contributed by atoms with Crippen molar-refractivity contribution in [3.05, 3.63) is 150 Å². The maximum Gasteiger partial charge on any atom is 0.0134 e. The smallest absolute Gasteiger partial charge is 0.0134 e. The van der Waals surface area contributed by atoms with Gasteiger partial charge in [-0.15, -0.1) is 0 Å².